The van der Waals surface area contributed by atoms with Crippen molar-refractivity contribution in [1.29, 1.82) is 0 Å². The second kappa shape index (κ2) is 6.26. The highest BCUT2D eigenvalue weighted by atomic mass is 32.2. The number of rotatable bonds is 3. The summed E-state index contributed by atoms with van der Waals surface area (Å²) in [6.07, 6.45) is 8.17. The van der Waals surface area contributed by atoms with E-state index in [1.807, 2.05) is 11.8 Å². The molecule has 0 spiro atoms. The highest BCUT2D eigenvalue weighted by molar-refractivity contribution is 7.99. The summed E-state index contributed by atoms with van der Waals surface area (Å²) < 4.78 is 5.28. The molecule has 1 saturated heterocycles. The molecule has 1 amide bonds. The van der Waals surface area contributed by atoms with Crippen LogP contribution in [0.1, 0.15) is 38.5 Å². The molecule has 5 heteroatoms. The molecule has 2 aliphatic rings. The van der Waals surface area contributed by atoms with E-state index in [9.17, 15) is 4.79 Å². The van der Waals surface area contributed by atoms with Crippen molar-refractivity contribution in [2.24, 2.45) is 5.73 Å². The molecule has 0 radical (unpaired) electrons. The molecule has 1 saturated carbocycles. The zero-order valence-corrected chi connectivity index (χ0v) is 11.9. The Kier molecular flexibility index (Phi) is 4.92. The van der Waals surface area contributed by atoms with Crippen LogP contribution in [0.3, 0.4) is 0 Å². The Morgan fingerprint density at radius 1 is 1.33 bits per heavy atom. The summed E-state index contributed by atoms with van der Waals surface area (Å²) >= 11 is 1.86. The van der Waals surface area contributed by atoms with Crippen molar-refractivity contribution in [2.45, 2.75) is 55.4 Å². The van der Waals surface area contributed by atoms with Gasteiger partial charge in [-0.15, -0.1) is 0 Å². The first kappa shape index (κ1) is 14.2. The molecule has 4 nitrogen and oxygen atoms in total. The van der Waals surface area contributed by atoms with Gasteiger partial charge < -0.3 is 15.8 Å². The highest BCUT2D eigenvalue weighted by Crippen LogP contribution is 2.28. The third-order valence-corrected chi connectivity index (χ3v) is 5.33. The topological polar surface area (TPSA) is 64.4 Å². The van der Waals surface area contributed by atoms with Gasteiger partial charge >= 0.3 is 0 Å². The van der Waals surface area contributed by atoms with Gasteiger partial charge in [0.1, 0.15) is 0 Å². The number of carbonyl (C=O) groups is 1. The van der Waals surface area contributed by atoms with Crippen molar-refractivity contribution in [3.8, 4) is 0 Å². The predicted octanol–water partition coefficient (Wildman–Crippen LogP) is 1.28. The van der Waals surface area contributed by atoms with E-state index in [-0.39, 0.29) is 5.91 Å². The molecule has 2 fully saturated rings. The van der Waals surface area contributed by atoms with Crippen molar-refractivity contribution in [2.75, 3.05) is 19.5 Å². The van der Waals surface area contributed by atoms with Crippen molar-refractivity contribution < 1.29 is 9.53 Å². The molecule has 3 N–H and O–H groups in total. The lowest BCUT2D eigenvalue weighted by Gasteiger charge is -2.36. The lowest BCUT2D eigenvalue weighted by atomic mass is 9.88. The third kappa shape index (κ3) is 3.19. The second-order valence-corrected chi connectivity index (χ2v) is 6.48. The van der Waals surface area contributed by atoms with Crippen LogP contribution in [-0.2, 0) is 9.53 Å². The van der Waals surface area contributed by atoms with Crippen LogP contribution < -0.4 is 11.1 Å². The van der Waals surface area contributed by atoms with E-state index in [1.54, 1.807) is 0 Å². The molecule has 0 aromatic rings. The molecule has 104 valence electrons. The number of ether oxygens (including phenoxy) is 1. The van der Waals surface area contributed by atoms with Crippen LogP contribution in [0.2, 0.25) is 0 Å². The average molecular weight is 272 g/mol. The summed E-state index contributed by atoms with van der Waals surface area (Å²) in [5.41, 5.74) is 5.50. The monoisotopic (exact) mass is 272 g/mol. The summed E-state index contributed by atoms with van der Waals surface area (Å²) in [6, 6.07) is 0.296. The first-order chi connectivity index (χ1) is 8.65. The van der Waals surface area contributed by atoms with E-state index in [0.717, 1.165) is 6.42 Å². The first-order valence-electron chi connectivity index (χ1n) is 6.86. The Labute approximate surface area is 113 Å². The molecule has 0 bridgehead atoms. The van der Waals surface area contributed by atoms with Gasteiger partial charge in [0.25, 0.3) is 0 Å². The van der Waals surface area contributed by atoms with E-state index in [2.05, 4.69) is 11.6 Å². The zero-order valence-electron chi connectivity index (χ0n) is 11.1. The summed E-state index contributed by atoms with van der Waals surface area (Å²) in [4.78, 5) is 12.3. The summed E-state index contributed by atoms with van der Waals surface area (Å²) in [5, 5.41) is 3.74. The van der Waals surface area contributed by atoms with Crippen molar-refractivity contribution in [1.82, 2.24) is 5.32 Å². The molecule has 1 aliphatic heterocycles. The number of carbonyl (C=O) groups excluding carboxylic acids is 1. The molecule has 0 aromatic carbocycles. The molecule has 0 aromatic heterocycles. The SMILES string of the molecule is CSC1CCCCC1NC(=O)C1(N)CCOCC1. The summed E-state index contributed by atoms with van der Waals surface area (Å²) in [7, 11) is 0. The van der Waals surface area contributed by atoms with E-state index >= 15 is 0 Å². The maximum Gasteiger partial charge on any atom is 0.240 e. The van der Waals surface area contributed by atoms with Gasteiger partial charge in [0.15, 0.2) is 0 Å². The highest BCUT2D eigenvalue weighted by Gasteiger charge is 2.38. The van der Waals surface area contributed by atoms with Crippen molar-refractivity contribution in [3.05, 3.63) is 0 Å². The predicted molar refractivity (Wildman–Crippen MR) is 74.7 cm³/mol. The molecule has 2 unspecified atom stereocenters. The van der Waals surface area contributed by atoms with Gasteiger partial charge in [-0.3, -0.25) is 4.79 Å². The van der Waals surface area contributed by atoms with Gasteiger partial charge in [-0.05, 0) is 31.9 Å². The Morgan fingerprint density at radius 3 is 2.67 bits per heavy atom. The number of amides is 1. The maximum absolute atomic E-state index is 12.3. The molecular weight excluding hydrogens is 248 g/mol. The Hall–Kier alpha value is -0.260. The van der Waals surface area contributed by atoms with Gasteiger partial charge in [-0.1, -0.05) is 12.8 Å². The first-order valence-corrected chi connectivity index (χ1v) is 8.15. The van der Waals surface area contributed by atoms with E-state index in [0.29, 0.717) is 37.3 Å². The summed E-state index contributed by atoms with van der Waals surface area (Å²) in [5.74, 6) is 0.0248. The second-order valence-electron chi connectivity index (χ2n) is 5.41. The van der Waals surface area contributed by atoms with Gasteiger partial charge in [0.05, 0.1) is 5.54 Å². The van der Waals surface area contributed by atoms with Gasteiger partial charge in [0.2, 0.25) is 5.91 Å². The molecule has 2 atom stereocenters. The number of hydrogen-bond donors (Lipinski definition) is 2. The zero-order chi connectivity index (χ0) is 13.0. The standard InChI is InChI=1S/C13H24N2O2S/c1-18-11-5-3-2-4-10(11)15-12(16)13(14)6-8-17-9-7-13/h10-11H,2-9,14H2,1H3,(H,15,16). The molecular formula is C13H24N2O2S. The number of thioether (sulfide) groups is 1. The Bertz CT molecular complexity index is 293. The number of hydrogen-bond acceptors (Lipinski definition) is 4. The van der Waals surface area contributed by atoms with Crippen LogP contribution in [-0.4, -0.2) is 42.2 Å². The van der Waals surface area contributed by atoms with E-state index < -0.39 is 5.54 Å². The third-order valence-electron chi connectivity index (χ3n) is 4.16. The Balaban J connectivity index is 1.92. The van der Waals surface area contributed by atoms with Crippen molar-refractivity contribution >= 4 is 17.7 Å². The van der Waals surface area contributed by atoms with Crippen LogP contribution in [0, 0.1) is 0 Å². The maximum atomic E-state index is 12.3. The Morgan fingerprint density at radius 2 is 2.00 bits per heavy atom. The smallest absolute Gasteiger partial charge is 0.240 e. The van der Waals surface area contributed by atoms with Crippen LogP contribution >= 0.6 is 11.8 Å². The van der Waals surface area contributed by atoms with E-state index in [4.69, 9.17) is 10.5 Å². The lowest BCUT2D eigenvalue weighted by molar-refractivity contribution is -0.130. The minimum atomic E-state index is -0.710. The van der Waals surface area contributed by atoms with E-state index in [1.165, 1.54) is 19.3 Å². The molecule has 2 rings (SSSR count). The number of nitrogens with one attached hydrogen (secondary N) is 1. The minimum absolute atomic E-state index is 0.0248. The lowest BCUT2D eigenvalue weighted by Crippen LogP contribution is -2.60. The average Bonchev–Trinajstić information content (AvgIpc) is 2.40. The van der Waals surface area contributed by atoms with Gasteiger partial charge in [0, 0.05) is 24.5 Å². The van der Waals surface area contributed by atoms with Gasteiger partial charge in [-0.2, -0.15) is 11.8 Å². The largest absolute Gasteiger partial charge is 0.381 e. The van der Waals surface area contributed by atoms with Gasteiger partial charge in [-0.25, -0.2) is 0 Å². The quantitative estimate of drug-likeness (QED) is 0.812. The summed E-state index contributed by atoms with van der Waals surface area (Å²) in [6.45, 7) is 1.20. The fourth-order valence-electron chi connectivity index (χ4n) is 2.82. The number of nitrogens with two attached hydrogens (primary N) is 1. The van der Waals surface area contributed by atoms with Crippen LogP contribution in [0.15, 0.2) is 0 Å². The minimum Gasteiger partial charge on any atom is -0.381 e. The fraction of sp³-hybridized carbons (Fsp3) is 0.923. The molecule has 1 heterocycles. The fourth-order valence-corrected chi connectivity index (χ4v) is 3.75. The van der Waals surface area contributed by atoms with Crippen molar-refractivity contribution in [3.63, 3.8) is 0 Å². The van der Waals surface area contributed by atoms with Crippen LogP contribution in [0.4, 0.5) is 0 Å². The molecule has 18 heavy (non-hydrogen) atoms. The molecule has 1 aliphatic carbocycles. The normalized spacial score (nSPS) is 31.9. The van der Waals surface area contributed by atoms with Crippen LogP contribution in [0.5, 0.6) is 0 Å². The van der Waals surface area contributed by atoms with Crippen LogP contribution in [0.25, 0.3) is 0 Å².